The number of likely N-dealkylation sites (tertiary alicyclic amines) is 2. The number of ether oxygens (including phenoxy) is 3. The molecule has 4 aliphatic rings. The Hall–Kier alpha value is -1.70. The summed E-state index contributed by atoms with van der Waals surface area (Å²) in [5.74, 6) is -1.57. The molecular formula is C40H69N3O8. The average Bonchev–Trinajstić information content (AvgIpc) is 3.61. The molecule has 0 radical (unpaired) electrons. The molecule has 3 fully saturated rings. The highest BCUT2D eigenvalue weighted by Crippen LogP contribution is 2.35. The number of likely N-dealkylation sites (N-methyl/N-ethyl adjacent to an activating group) is 1. The second kappa shape index (κ2) is 20.1. The van der Waals surface area contributed by atoms with E-state index in [4.69, 9.17) is 14.2 Å². The molecule has 0 aromatic rings. The molecular weight excluding hydrogens is 650 g/mol. The Morgan fingerprint density at radius 2 is 1.57 bits per heavy atom. The van der Waals surface area contributed by atoms with Gasteiger partial charge in [-0.15, -0.1) is 0 Å². The summed E-state index contributed by atoms with van der Waals surface area (Å²) in [7, 11) is 3.60. The first-order valence-corrected chi connectivity index (χ1v) is 19.8. The van der Waals surface area contributed by atoms with Gasteiger partial charge in [-0.2, -0.15) is 0 Å². The average molecular weight is 720 g/mol. The van der Waals surface area contributed by atoms with Crippen molar-refractivity contribution in [2.24, 2.45) is 23.7 Å². The third-order valence-electron chi connectivity index (χ3n) is 11.9. The fourth-order valence-electron chi connectivity index (χ4n) is 8.65. The van der Waals surface area contributed by atoms with Crippen LogP contribution < -0.4 is 0 Å². The molecule has 0 amide bonds. The van der Waals surface area contributed by atoms with Crippen LogP contribution in [0.25, 0.3) is 0 Å². The minimum Gasteiger partial charge on any atom is -0.462 e. The van der Waals surface area contributed by atoms with E-state index in [1.54, 1.807) is 32.0 Å². The number of hydrogen-bond acceptors (Lipinski definition) is 11. The van der Waals surface area contributed by atoms with E-state index in [1.807, 2.05) is 33.8 Å². The number of carbonyl (C=O) groups is 2. The highest BCUT2D eigenvalue weighted by atomic mass is 16.7. The van der Waals surface area contributed by atoms with Gasteiger partial charge in [0.2, 0.25) is 0 Å². The van der Waals surface area contributed by atoms with Gasteiger partial charge in [0.25, 0.3) is 0 Å². The van der Waals surface area contributed by atoms with E-state index in [-0.39, 0.29) is 36.1 Å². The minimum atomic E-state index is -1.17. The molecule has 4 aliphatic heterocycles. The van der Waals surface area contributed by atoms with Crippen LogP contribution in [0.4, 0.5) is 0 Å². The van der Waals surface area contributed by atoms with Crippen LogP contribution in [0.5, 0.6) is 0 Å². The van der Waals surface area contributed by atoms with E-state index in [0.717, 1.165) is 70.5 Å². The van der Waals surface area contributed by atoms with Gasteiger partial charge in [-0.25, -0.2) is 0 Å². The van der Waals surface area contributed by atoms with Crippen molar-refractivity contribution < 1.29 is 39.1 Å². The number of carbonyl (C=O) groups excluding carboxylic acids is 2. The maximum absolute atomic E-state index is 13.7. The van der Waals surface area contributed by atoms with Crippen molar-refractivity contribution in [1.82, 2.24) is 14.7 Å². The lowest BCUT2D eigenvalue weighted by molar-refractivity contribution is -0.304. The van der Waals surface area contributed by atoms with Crippen LogP contribution in [0.3, 0.4) is 0 Å². The summed E-state index contributed by atoms with van der Waals surface area (Å²) >= 11 is 0. The lowest BCUT2D eigenvalue weighted by atomic mass is 9.79. The van der Waals surface area contributed by atoms with E-state index in [9.17, 15) is 24.9 Å². The molecule has 51 heavy (non-hydrogen) atoms. The molecule has 11 heteroatoms. The number of piperidine rings is 1. The Balaban J connectivity index is 1.68. The van der Waals surface area contributed by atoms with Gasteiger partial charge in [0.1, 0.15) is 12.2 Å². The van der Waals surface area contributed by atoms with Crippen molar-refractivity contribution in [3.63, 3.8) is 0 Å². The lowest BCUT2D eigenvalue weighted by Crippen LogP contribution is -2.63. The van der Waals surface area contributed by atoms with Gasteiger partial charge in [0.15, 0.2) is 12.1 Å². The van der Waals surface area contributed by atoms with Gasteiger partial charge >= 0.3 is 5.97 Å². The SMILES string of the molecule is CCC1OC(=O)CC(O)C(C)C(O[C@@H]2O[C@H](C)[C@@H](O)[C@H](N(C)C)[C@H]2O)C(CCN2CCCCC2)CC(C)C(=O)/C=C\C(C)=C\C1CN1CCCC1. The van der Waals surface area contributed by atoms with E-state index in [2.05, 4.69) is 15.9 Å². The Morgan fingerprint density at radius 3 is 2.22 bits per heavy atom. The fraction of sp³-hybridized carbons (Fsp3) is 0.850. The Morgan fingerprint density at radius 1 is 0.922 bits per heavy atom. The Kier molecular flexibility index (Phi) is 16.6. The number of aliphatic hydroxyl groups excluding tert-OH is 3. The van der Waals surface area contributed by atoms with Gasteiger partial charge in [-0.1, -0.05) is 44.9 Å². The first kappa shape index (κ1) is 42.0. The molecule has 11 nitrogen and oxygen atoms in total. The molecule has 12 atom stereocenters. The Bertz CT molecular complexity index is 1150. The standard InChI is InChI=1S/C40H69N3O8/c1-8-34-31(25-43-19-12-13-20-43)22-26(2)14-15-32(44)27(3)23-30(16-21-42-17-10-9-11-18-42)39(28(4)33(45)24-35(46)50-34)51-40-38(48)36(41(6)7)37(47)29(5)49-40/h14-15,22,27-31,33-34,36-40,45,47-48H,8-13,16-21,23-25H2,1-7H3/b15-14-,26-22+/t27?,28?,29-,30?,31?,33?,34?,36+,37-,38-,39?,40+/m1/s1. The second-order valence-electron chi connectivity index (χ2n) is 16.2. The minimum absolute atomic E-state index is 0.0256. The van der Waals surface area contributed by atoms with Crippen LogP contribution in [0, 0.1) is 23.7 Å². The molecule has 0 aromatic heterocycles. The first-order valence-electron chi connectivity index (χ1n) is 19.8. The lowest BCUT2D eigenvalue weighted by Gasteiger charge is -2.47. The van der Waals surface area contributed by atoms with Crippen molar-refractivity contribution >= 4 is 11.8 Å². The quantitative estimate of drug-likeness (QED) is 0.301. The number of ketones is 1. The molecule has 0 aromatic carbocycles. The third kappa shape index (κ3) is 11.9. The maximum atomic E-state index is 13.7. The number of hydrogen-bond donors (Lipinski definition) is 3. The molecule has 0 bridgehead atoms. The summed E-state index contributed by atoms with van der Waals surface area (Å²) in [6, 6.07) is -0.631. The van der Waals surface area contributed by atoms with Crippen molar-refractivity contribution in [3.8, 4) is 0 Å². The van der Waals surface area contributed by atoms with Crippen LogP contribution in [0.1, 0.15) is 92.4 Å². The van der Waals surface area contributed by atoms with Crippen molar-refractivity contribution in [2.45, 2.75) is 141 Å². The first-order chi connectivity index (χ1) is 24.3. The molecule has 4 rings (SSSR count). The fourth-order valence-corrected chi connectivity index (χ4v) is 8.65. The van der Waals surface area contributed by atoms with Crippen molar-refractivity contribution in [1.29, 1.82) is 0 Å². The molecule has 4 heterocycles. The highest BCUT2D eigenvalue weighted by Gasteiger charge is 2.47. The zero-order valence-electron chi connectivity index (χ0n) is 32.5. The normalized spacial score (nSPS) is 40.6. The molecule has 0 aliphatic carbocycles. The number of aliphatic hydroxyl groups is 3. The monoisotopic (exact) mass is 720 g/mol. The van der Waals surface area contributed by atoms with Crippen LogP contribution >= 0.6 is 0 Å². The van der Waals surface area contributed by atoms with Crippen molar-refractivity contribution in [2.75, 3.05) is 53.4 Å². The number of esters is 1. The molecule has 7 unspecified atom stereocenters. The highest BCUT2D eigenvalue weighted by molar-refractivity contribution is 5.91. The van der Waals surface area contributed by atoms with E-state index >= 15 is 0 Å². The zero-order chi connectivity index (χ0) is 37.2. The summed E-state index contributed by atoms with van der Waals surface area (Å²) in [4.78, 5) is 34.0. The number of rotatable bonds is 9. The van der Waals surface area contributed by atoms with Gasteiger partial charge in [-0.3, -0.25) is 9.59 Å². The predicted molar refractivity (Wildman–Crippen MR) is 198 cm³/mol. The smallest absolute Gasteiger partial charge is 0.308 e. The molecule has 0 spiro atoms. The summed E-state index contributed by atoms with van der Waals surface area (Å²) in [6.45, 7) is 15.3. The summed E-state index contributed by atoms with van der Waals surface area (Å²) < 4.78 is 19.0. The van der Waals surface area contributed by atoms with Crippen LogP contribution in [0.2, 0.25) is 0 Å². The third-order valence-corrected chi connectivity index (χ3v) is 11.9. The van der Waals surface area contributed by atoms with E-state index in [1.165, 1.54) is 6.42 Å². The largest absolute Gasteiger partial charge is 0.462 e. The molecule has 3 saturated heterocycles. The van der Waals surface area contributed by atoms with Gasteiger partial charge in [-0.05, 0) is 118 Å². The summed E-state index contributed by atoms with van der Waals surface area (Å²) in [5, 5.41) is 34.2. The molecule has 292 valence electrons. The topological polar surface area (TPSA) is 132 Å². The predicted octanol–water partition coefficient (Wildman–Crippen LogP) is 3.79. The second-order valence-corrected chi connectivity index (χ2v) is 16.2. The van der Waals surface area contributed by atoms with E-state index in [0.29, 0.717) is 19.3 Å². The number of cyclic esters (lactones) is 1. The van der Waals surface area contributed by atoms with Gasteiger partial charge < -0.3 is 44.2 Å². The van der Waals surface area contributed by atoms with Gasteiger partial charge in [0.05, 0.1) is 36.9 Å². The van der Waals surface area contributed by atoms with Gasteiger partial charge in [0, 0.05) is 24.3 Å². The zero-order valence-corrected chi connectivity index (χ0v) is 32.5. The van der Waals surface area contributed by atoms with Crippen LogP contribution in [0.15, 0.2) is 23.8 Å². The Labute approximate surface area is 307 Å². The summed E-state index contributed by atoms with van der Waals surface area (Å²) in [5.41, 5.74) is 0.952. The van der Waals surface area contributed by atoms with Crippen molar-refractivity contribution in [3.05, 3.63) is 23.8 Å². The molecule has 3 N–H and O–H groups in total. The van der Waals surface area contributed by atoms with Crippen LogP contribution in [-0.2, 0) is 23.8 Å². The maximum Gasteiger partial charge on any atom is 0.308 e. The van der Waals surface area contributed by atoms with E-state index < -0.39 is 54.7 Å². The van der Waals surface area contributed by atoms with Crippen LogP contribution in [-0.4, -0.2) is 144 Å². The number of allylic oxidation sites excluding steroid dienone is 3. The summed E-state index contributed by atoms with van der Waals surface area (Å²) in [6.07, 6.45) is 7.24. The number of nitrogens with zero attached hydrogens (tertiary/aromatic N) is 3. The molecule has 0 saturated carbocycles.